The van der Waals surface area contributed by atoms with Gasteiger partial charge in [0, 0.05) is 24.5 Å². The minimum absolute atomic E-state index is 0.0244. The first kappa shape index (κ1) is 23.7. The van der Waals surface area contributed by atoms with Crippen LogP contribution in [0.1, 0.15) is 22.8 Å². The van der Waals surface area contributed by atoms with E-state index in [1.54, 1.807) is 30.3 Å². The Hall–Kier alpha value is -4.41. The van der Waals surface area contributed by atoms with Gasteiger partial charge in [0.2, 0.25) is 0 Å². The number of anilines is 2. The van der Waals surface area contributed by atoms with Crippen LogP contribution in [0.25, 0.3) is 0 Å². The molecule has 0 bridgehead atoms. The standard InChI is InChI=1S/C24H19F3N4O4/c1-23(13-15-11-12-28-14-19(15)20(32)29-16-5-3-2-4-6-16)21(33)31(22(34)30-23)17-7-9-18(10-8-17)35-24(25,26)27/h2-12,14H,13H2,1H3,(H,29,32)(H,30,34). The zero-order valence-electron chi connectivity index (χ0n) is 18.3. The van der Waals surface area contributed by atoms with Crippen molar-refractivity contribution in [3.63, 3.8) is 0 Å². The van der Waals surface area contributed by atoms with Gasteiger partial charge < -0.3 is 15.4 Å². The third-order valence-corrected chi connectivity index (χ3v) is 5.32. The van der Waals surface area contributed by atoms with E-state index in [0.717, 1.165) is 17.0 Å². The van der Waals surface area contributed by atoms with E-state index < -0.39 is 35.5 Å². The number of nitrogens with one attached hydrogen (secondary N) is 2. The molecule has 1 fully saturated rings. The van der Waals surface area contributed by atoms with Gasteiger partial charge in [0.05, 0.1) is 11.3 Å². The highest BCUT2D eigenvalue weighted by molar-refractivity contribution is 6.23. The first-order chi connectivity index (χ1) is 16.6. The number of carbonyl (C=O) groups is 3. The number of aromatic nitrogens is 1. The van der Waals surface area contributed by atoms with Crippen molar-refractivity contribution in [2.45, 2.75) is 25.2 Å². The van der Waals surface area contributed by atoms with Gasteiger partial charge in [0.15, 0.2) is 0 Å². The molecule has 2 heterocycles. The highest BCUT2D eigenvalue weighted by Gasteiger charge is 2.49. The van der Waals surface area contributed by atoms with Gasteiger partial charge in [-0.3, -0.25) is 14.6 Å². The van der Waals surface area contributed by atoms with Crippen LogP contribution in [0.3, 0.4) is 0 Å². The zero-order chi connectivity index (χ0) is 25.2. The first-order valence-electron chi connectivity index (χ1n) is 10.4. The lowest BCUT2D eigenvalue weighted by Gasteiger charge is -2.23. The summed E-state index contributed by atoms with van der Waals surface area (Å²) in [4.78, 5) is 43.6. The number of benzene rings is 2. The summed E-state index contributed by atoms with van der Waals surface area (Å²) in [6, 6.07) is 14.0. The Balaban J connectivity index is 1.54. The van der Waals surface area contributed by atoms with Crippen molar-refractivity contribution < 1.29 is 32.3 Å². The van der Waals surface area contributed by atoms with Crippen molar-refractivity contribution in [2.24, 2.45) is 0 Å². The van der Waals surface area contributed by atoms with Gasteiger partial charge in [0.25, 0.3) is 11.8 Å². The van der Waals surface area contributed by atoms with Gasteiger partial charge in [-0.1, -0.05) is 18.2 Å². The smallest absolute Gasteiger partial charge is 0.406 e. The van der Waals surface area contributed by atoms with Crippen molar-refractivity contribution in [3.05, 3.63) is 84.2 Å². The average Bonchev–Trinajstić information content (AvgIpc) is 3.02. The van der Waals surface area contributed by atoms with E-state index in [4.69, 9.17) is 0 Å². The predicted octanol–water partition coefficient (Wildman–Crippen LogP) is 4.29. The summed E-state index contributed by atoms with van der Waals surface area (Å²) in [6.45, 7) is 1.51. The third kappa shape index (κ3) is 5.24. The molecule has 3 aromatic rings. The molecule has 0 spiro atoms. The van der Waals surface area contributed by atoms with E-state index in [0.29, 0.717) is 11.3 Å². The number of ether oxygens (including phenoxy) is 1. The molecular weight excluding hydrogens is 465 g/mol. The number of amides is 4. The Morgan fingerprint density at radius 1 is 1.09 bits per heavy atom. The molecule has 1 aromatic heterocycles. The van der Waals surface area contributed by atoms with Gasteiger partial charge in [0.1, 0.15) is 11.3 Å². The highest BCUT2D eigenvalue weighted by Crippen LogP contribution is 2.31. The number of carbonyl (C=O) groups excluding carboxylic acids is 3. The largest absolute Gasteiger partial charge is 0.573 e. The van der Waals surface area contributed by atoms with Crippen molar-refractivity contribution in [1.82, 2.24) is 10.3 Å². The number of para-hydroxylation sites is 1. The quantitative estimate of drug-likeness (QED) is 0.509. The van der Waals surface area contributed by atoms with E-state index in [1.165, 1.54) is 31.5 Å². The van der Waals surface area contributed by atoms with Crippen molar-refractivity contribution in [3.8, 4) is 5.75 Å². The molecule has 1 aliphatic heterocycles. The van der Waals surface area contributed by atoms with Crippen LogP contribution in [-0.4, -0.2) is 34.7 Å². The molecule has 0 saturated carbocycles. The number of alkyl halides is 3. The van der Waals surface area contributed by atoms with E-state index in [-0.39, 0.29) is 17.7 Å². The third-order valence-electron chi connectivity index (χ3n) is 5.32. The van der Waals surface area contributed by atoms with Crippen LogP contribution in [0.5, 0.6) is 5.75 Å². The van der Waals surface area contributed by atoms with Crippen LogP contribution in [0.15, 0.2) is 73.1 Å². The molecule has 1 unspecified atom stereocenters. The molecule has 0 aliphatic carbocycles. The van der Waals surface area contributed by atoms with Crippen LogP contribution in [0.2, 0.25) is 0 Å². The molecule has 180 valence electrons. The van der Waals surface area contributed by atoms with Crippen LogP contribution < -0.4 is 20.3 Å². The molecule has 1 saturated heterocycles. The summed E-state index contributed by atoms with van der Waals surface area (Å²) in [7, 11) is 0. The number of imide groups is 1. The normalized spacial score (nSPS) is 17.8. The summed E-state index contributed by atoms with van der Waals surface area (Å²) >= 11 is 0. The van der Waals surface area contributed by atoms with E-state index in [1.807, 2.05) is 6.07 Å². The molecule has 35 heavy (non-hydrogen) atoms. The topological polar surface area (TPSA) is 101 Å². The van der Waals surface area contributed by atoms with E-state index in [9.17, 15) is 27.6 Å². The Morgan fingerprint density at radius 3 is 2.43 bits per heavy atom. The van der Waals surface area contributed by atoms with Crippen LogP contribution >= 0.6 is 0 Å². The van der Waals surface area contributed by atoms with Gasteiger partial charge >= 0.3 is 12.4 Å². The fourth-order valence-corrected chi connectivity index (χ4v) is 3.72. The fourth-order valence-electron chi connectivity index (χ4n) is 3.72. The van der Waals surface area contributed by atoms with E-state index in [2.05, 4.69) is 20.4 Å². The Kier molecular flexibility index (Phi) is 6.16. The number of pyridine rings is 1. The van der Waals surface area contributed by atoms with Crippen LogP contribution in [0, 0.1) is 0 Å². The number of halogens is 3. The van der Waals surface area contributed by atoms with Crippen molar-refractivity contribution in [2.75, 3.05) is 10.2 Å². The molecule has 0 radical (unpaired) electrons. The van der Waals surface area contributed by atoms with Crippen LogP contribution in [0.4, 0.5) is 29.3 Å². The maximum atomic E-state index is 13.2. The Bertz CT molecular complexity index is 1270. The Labute approximate surface area is 197 Å². The molecule has 4 rings (SSSR count). The summed E-state index contributed by atoms with van der Waals surface area (Å²) in [5.74, 6) is -1.54. The molecule has 11 heteroatoms. The molecule has 2 N–H and O–H groups in total. The maximum Gasteiger partial charge on any atom is 0.573 e. The van der Waals surface area contributed by atoms with Gasteiger partial charge in [-0.05, 0) is 55.0 Å². The number of hydrogen-bond donors (Lipinski definition) is 2. The monoisotopic (exact) mass is 484 g/mol. The van der Waals surface area contributed by atoms with Gasteiger partial charge in [-0.15, -0.1) is 13.2 Å². The summed E-state index contributed by atoms with van der Waals surface area (Å²) in [5, 5.41) is 5.38. The molecule has 4 amide bonds. The predicted molar refractivity (Wildman–Crippen MR) is 120 cm³/mol. The minimum Gasteiger partial charge on any atom is -0.406 e. The average molecular weight is 484 g/mol. The number of rotatable bonds is 6. The molecule has 2 aromatic carbocycles. The lowest BCUT2D eigenvalue weighted by Crippen LogP contribution is -2.46. The van der Waals surface area contributed by atoms with Crippen molar-refractivity contribution in [1.29, 1.82) is 0 Å². The van der Waals surface area contributed by atoms with Crippen molar-refractivity contribution >= 4 is 29.2 Å². The number of nitrogens with zero attached hydrogens (tertiary/aromatic N) is 2. The molecule has 1 atom stereocenters. The highest BCUT2D eigenvalue weighted by atomic mass is 19.4. The van der Waals surface area contributed by atoms with Crippen LogP contribution in [-0.2, 0) is 11.2 Å². The summed E-state index contributed by atoms with van der Waals surface area (Å²) < 4.78 is 41.0. The van der Waals surface area contributed by atoms with E-state index >= 15 is 0 Å². The molecule has 8 nitrogen and oxygen atoms in total. The zero-order valence-corrected chi connectivity index (χ0v) is 18.3. The summed E-state index contributed by atoms with van der Waals surface area (Å²) in [6.07, 6.45) is -2.05. The summed E-state index contributed by atoms with van der Waals surface area (Å²) in [5.41, 5.74) is -0.0658. The minimum atomic E-state index is -4.87. The SMILES string of the molecule is CC1(Cc2ccncc2C(=O)Nc2ccccc2)NC(=O)N(c2ccc(OC(F)(F)F)cc2)C1=O. The molecule has 1 aliphatic rings. The lowest BCUT2D eigenvalue weighted by molar-refractivity contribution is -0.274. The second-order valence-corrected chi connectivity index (χ2v) is 7.97. The molecular formula is C24H19F3N4O4. The Morgan fingerprint density at radius 2 is 1.77 bits per heavy atom. The lowest BCUT2D eigenvalue weighted by atomic mass is 9.90. The fraction of sp³-hybridized carbons (Fsp3) is 0.167. The number of urea groups is 1. The second kappa shape index (κ2) is 9.09. The maximum absolute atomic E-state index is 13.2. The number of hydrogen-bond acceptors (Lipinski definition) is 5. The van der Waals surface area contributed by atoms with Gasteiger partial charge in [-0.25, -0.2) is 9.69 Å². The second-order valence-electron chi connectivity index (χ2n) is 7.97. The van der Waals surface area contributed by atoms with Gasteiger partial charge in [-0.2, -0.15) is 0 Å². The first-order valence-corrected chi connectivity index (χ1v) is 10.4.